The molecule has 2 rings (SSSR count). The van der Waals surface area contributed by atoms with Gasteiger partial charge in [-0.1, -0.05) is 18.2 Å². The summed E-state index contributed by atoms with van der Waals surface area (Å²) in [4.78, 5) is 10.3. The van der Waals surface area contributed by atoms with Crippen LogP contribution in [0.15, 0.2) is 23.8 Å². The van der Waals surface area contributed by atoms with Crippen LogP contribution in [0.25, 0.3) is 0 Å². The minimum absolute atomic E-state index is 0.385. The molecular formula is C9H10O. The van der Waals surface area contributed by atoms with Gasteiger partial charge in [-0.25, -0.2) is 0 Å². The average molecular weight is 134 g/mol. The Kier molecular flexibility index (Phi) is 1.07. The van der Waals surface area contributed by atoms with E-state index in [2.05, 4.69) is 18.2 Å². The summed E-state index contributed by atoms with van der Waals surface area (Å²) in [6.07, 6.45) is 10.7. The van der Waals surface area contributed by atoms with E-state index in [4.69, 9.17) is 0 Å². The van der Waals surface area contributed by atoms with E-state index in [9.17, 15) is 4.79 Å². The number of carbonyl (C=O) groups excluding carboxylic acids is 1. The summed E-state index contributed by atoms with van der Waals surface area (Å²) in [5.41, 5.74) is 1.38. The molecule has 0 saturated carbocycles. The van der Waals surface area contributed by atoms with Crippen LogP contribution in [0.3, 0.4) is 0 Å². The average Bonchev–Trinajstić information content (AvgIpc) is 2.29. The van der Waals surface area contributed by atoms with Gasteiger partial charge < -0.3 is 0 Å². The molecule has 1 nitrogen and oxygen atoms in total. The smallest absolute Gasteiger partial charge is 0.145 e. The fourth-order valence-corrected chi connectivity index (χ4v) is 1.71. The SMILES string of the molecule is O=CC1=CCC2(C=CC2)C1. The maximum atomic E-state index is 10.3. The molecule has 0 aromatic heterocycles. The minimum Gasteiger partial charge on any atom is -0.298 e. The second-order valence-corrected chi connectivity index (χ2v) is 3.25. The van der Waals surface area contributed by atoms with Crippen LogP contribution >= 0.6 is 0 Å². The summed E-state index contributed by atoms with van der Waals surface area (Å²) < 4.78 is 0. The first-order chi connectivity index (χ1) is 4.85. The highest BCUT2D eigenvalue weighted by atomic mass is 16.1. The van der Waals surface area contributed by atoms with Crippen LogP contribution in [0.4, 0.5) is 0 Å². The van der Waals surface area contributed by atoms with Crippen LogP contribution in [0.1, 0.15) is 19.3 Å². The molecule has 0 bridgehead atoms. The maximum absolute atomic E-state index is 10.3. The zero-order chi connectivity index (χ0) is 7.03. The van der Waals surface area contributed by atoms with Crippen molar-refractivity contribution in [3.8, 4) is 0 Å². The normalized spacial score (nSPS) is 35.8. The predicted molar refractivity (Wildman–Crippen MR) is 39.6 cm³/mol. The predicted octanol–water partition coefficient (Wildman–Crippen LogP) is 1.85. The third-order valence-corrected chi connectivity index (χ3v) is 2.47. The van der Waals surface area contributed by atoms with Crippen molar-refractivity contribution in [2.24, 2.45) is 5.41 Å². The van der Waals surface area contributed by atoms with E-state index >= 15 is 0 Å². The van der Waals surface area contributed by atoms with Crippen LogP contribution in [-0.2, 0) is 4.79 Å². The second kappa shape index (κ2) is 1.82. The van der Waals surface area contributed by atoms with Gasteiger partial charge in [0, 0.05) is 0 Å². The highest BCUT2D eigenvalue weighted by Gasteiger charge is 2.34. The molecule has 1 atom stereocenters. The van der Waals surface area contributed by atoms with Crippen molar-refractivity contribution in [1.82, 2.24) is 0 Å². The van der Waals surface area contributed by atoms with E-state index in [1.54, 1.807) is 0 Å². The Morgan fingerprint density at radius 1 is 1.50 bits per heavy atom. The summed E-state index contributed by atoms with van der Waals surface area (Å²) in [6.45, 7) is 0. The van der Waals surface area contributed by atoms with Crippen molar-refractivity contribution in [1.29, 1.82) is 0 Å². The van der Waals surface area contributed by atoms with Crippen LogP contribution in [0.2, 0.25) is 0 Å². The number of carbonyl (C=O) groups is 1. The van der Waals surface area contributed by atoms with Gasteiger partial charge in [0.05, 0.1) is 0 Å². The van der Waals surface area contributed by atoms with Crippen molar-refractivity contribution in [2.75, 3.05) is 0 Å². The molecule has 52 valence electrons. The van der Waals surface area contributed by atoms with Gasteiger partial charge in [0.2, 0.25) is 0 Å². The van der Waals surface area contributed by atoms with Crippen LogP contribution in [-0.4, -0.2) is 6.29 Å². The number of hydrogen-bond donors (Lipinski definition) is 0. The topological polar surface area (TPSA) is 17.1 Å². The van der Waals surface area contributed by atoms with Gasteiger partial charge in [0.25, 0.3) is 0 Å². The molecule has 0 fully saturated rings. The van der Waals surface area contributed by atoms with Crippen molar-refractivity contribution < 1.29 is 4.79 Å². The maximum Gasteiger partial charge on any atom is 0.145 e. The van der Waals surface area contributed by atoms with Gasteiger partial charge in [0.1, 0.15) is 6.29 Å². The Morgan fingerprint density at radius 2 is 2.30 bits per heavy atom. The first-order valence-electron chi connectivity index (χ1n) is 3.67. The first-order valence-corrected chi connectivity index (χ1v) is 3.67. The van der Waals surface area contributed by atoms with Gasteiger partial charge in [-0.05, 0) is 30.3 Å². The lowest BCUT2D eigenvalue weighted by atomic mass is 9.74. The Hall–Kier alpha value is -0.850. The molecule has 0 heterocycles. The molecule has 0 radical (unpaired) electrons. The quantitative estimate of drug-likeness (QED) is 0.395. The number of hydrogen-bond acceptors (Lipinski definition) is 1. The molecule has 1 spiro atoms. The first kappa shape index (κ1) is 5.90. The highest BCUT2D eigenvalue weighted by molar-refractivity contribution is 5.74. The summed E-state index contributed by atoms with van der Waals surface area (Å²) in [5.74, 6) is 0. The third kappa shape index (κ3) is 0.666. The molecule has 1 heteroatoms. The van der Waals surface area contributed by atoms with Gasteiger partial charge in [-0.15, -0.1) is 0 Å². The lowest BCUT2D eigenvalue weighted by Gasteiger charge is -2.30. The molecule has 0 aromatic carbocycles. The standard InChI is InChI=1S/C9H10O/c10-7-8-2-5-9(6-8)3-1-4-9/h1-3,7H,4-6H2. The number of allylic oxidation sites excluding steroid dienone is 4. The van der Waals surface area contributed by atoms with Crippen molar-refractivity contribution in [3.05, 3.63) is 23.8 Å². The van der Waals surface area contributed by atoms with E-state index in [-0.39, 0.29) is 0 Å². The molecule has 0 saturated heterocycles. The fraction of sp³-hybridized carbons (Fsp3) is 0.444. The third-order valence-electron chi connectivity index (χ3n) is 2.47. The van der Waals surface area contributed by atoms with Crippen molar-refractivity contribution >= 4 is 6.29 Å². The number of rotatable bonds is 1. The highest BCUT2D eigenvalue weighted by Crippen LogP contribution is 2.46. The summed E-state index contributed by atoms with van der Waals surface area (Å²) in [7, 11) is 0. The van der Waals surface area contributed by atoms with Gasteiger partial charge in [-0.2, -0.15) is 0 Å². The van der Waals surface area contributed by atoms with Crippen molar-refractivity contribution in [2.45, 2.75) is 19.3 Å². The van der Waals surface area contributed by atoms with Crippen LogP contribution < -0.4 is 0 Å². The minimum atomic E-state index is 0.385. The molecule has 2 aliphatic rings. The molecule has 1 unspecified atom stereocenters. The molecule has 10 heavy (non-hydrogen) atoms. The van der Waals surface area contributed by atoms with E-state index in [1.165, 1.54) is 6.42 Å². The van der Waals surface area contributed by atoms with Crippen molar-refractivity contribution in [3.63, 3.8) is 0 Å². The molecule has 0 aromatic rings. The van der Waals surface area contributed by atoms with E-state index in [0.717, 1.165) is 24.7 Å². The Morgan fingerprint density at radius 3 is 2.60 bits per heavy atom. The van der Waals surface area contributed by atoms with Gasteiger partial charge in [-0.3, -0.25) is 4.79 Å². The Balaban J connectivity index is 2.12. The summed E-state index contributed by atoms with van der Waals surface area (Å²) in [6, 6.07) is 0. The Bertz CT molecular complexity index is 225. The molecular weight excluding hydrogens is 124 g/mol. The van der Waals surface area contributed by atoms with E-state index in [0.29, 0.717) is 5.41 Å². The lowest BCUT2D eigenvalue weighted by molar-refractivity contribution is -0.105. The van der Waals surface area contributed by atoms with Crippen LogP contribution in [0.5, 0.6) is 0 Å². The molecule has 0 N–H and O–H groups in total. The van der Waals surface area contributed by atoms with Crippen LogP contribution in [0, 0.1) is 5.41 Å². The lowest BCUT2D eigenvalue weighted by Crippen LogP contribution is -2.19. The summed E-state index contributed by atoms with van der Waals surface area (Å²) >= 11 is 0. The van der Waals surface area contributed by atoms with Gasteiger partial charge in [0.15, 0.2) is 0 Å². The zero-order valence-electron chi connectivity index (χ0n) is 5.84. The molecule has 0 amide bonds. The summed E-state index contributed by atoms with van der Waals surface area (Å²) in [5, 5.41) is 0. The van der Waals surface area contributed by atoms with Gasteiger partial charge >= 0.3 is 0 Å². The second-order valence-electron chi connectivity index (χ2n) is 3.25. The van der Waals surface area contributed by atoms with E-state index < -0.39 is 0 Å². The van der Waals surface area contributed by atoms with E-state index in [1.807, 2.05) is 0 Å². The molecule has 2 aliphatic carbocycles. The fourth-order valence-electron chi connectivity index (χ4n) is 1.71. The largest absolute Gasteiger partial charge is 0.298 e. The monoisotopic (exact) mass is 134 g/mol. The Labute approximate surface area is 60.4 Å². The molecule has 0 aliphatic heterocycles. The zero-order valence-corrected chi connectivity index (χ0v) is 5.84. The number of aldehydes is 1.